The summed E-state index contributed by atoms with van der Waals surface area (Å²) in [7, 11) is -4.90. The van der Waals surface area contributed by atoms with Crippen molar-refractivity contribution in [3.05, 3.63) is 42.0 Å². The Labute approximate surface area is 120 Å². The fourth-order valence-electron chi connectivity index (χ4n) is 1.99. The Kier molecular flexibility index (Phi) is 3.58. The van der Waals surface area contributed by atoms with Crippen molar-refractivity contribution in [3.8, 4) is 16.9 Å². The van der Waals surface area contributed by atoms with Gasteiger partial charge in [-0.25, -0.2) is 4.79 Å². The van der Waals surface area contributed by atoms with E-state index < -0.39 is 38.0 Å². The zero-order chi connectivity index (χ0) is 15.8. The standard InChI is InChI=1S/C13H11NO6S/c14-9-6-8(7-4-2-1-3-5-7)11(15)10(13(16)17)12(9)21(18,19)20/h1-6,15H,14H2,(H,16,17)(H,18,19,20). The molecule has 0 bridgehead atoms. The lowest BCUT2D eigenvalue weighted by Crippen LogP contribution is -2.12. The summed E-state index contributed by atoms with van der Waals surface area (Å²) in [5.41, 5.74) is 4.61. The van der Waals surface area contributed by atoms with Crippen LogP contribution in [0.1, 0.15) is 10.4 Å². The third-order valence-electron chi connectivity index (χ3n) is 2.84. The Bertz CT molecular complexity index is 814. The second-order valence-electron chi connectivity index (χ2n) is 4.21. The van der Waals surface area contributed by atoms with Gasteiger partial charge in [-0.2, -0.15) is 8.42 Å². The van der Waals surface area contributed by atoms with Crippen LogP contribution in [0.5, 0.6) is 5.75 Å². The zero-order valence-corrected chi connectivity index (χ0v) is 11.3. The number of carboxylic acid groups (broad SMARTS) is 1. The molecule has 0 saturated heterocycles. The molecule has 0 atom stereocenters. The first kappa shape index (κ1) is 14.8. The summed E-state index contributed by atoms with van der Waals surface area (Å²) in [5, 5.41) is 19.2. The molecule has 0 amide bonds. The van der Waals surface area contributed by atoms with E-state index in [1.165, 1.54) is 0 Å². The molecule has 0 fully saturated rings. The number of aromatic carboxylic acids is 1. The second-order valence-corrected chi connectivity index (χ2v) is 5.57. The van der Waals surface area contributed by atoms with Crippen LogP contribution >= 0.6 is 0 Å². The monoisotopic (exact) mass is 309 g/mol. The predicted octanol–water partition coefficient (Wildman–Crippen LogP) is 1.59. The van der Waals surface area contributed by atoms with E-state index in [9.17, 15) is 18.3 Å². The first-order valence-electron chi connectivity index (χ1n) is 5.65. The van der Waals surface area contributed by atoms with Crippen LogP contribution in [0.25, 0.3) is 11.1 Å². The molecular formula is C13H11NO6S. The molecule has 0 aromatic heterocycles. The van der Waals surface area contributed by atoms with Gasteiger partial charge in [-0.1, -0.05) is 30.3 Å². The maximum Gasteiger partial charge on any atom is 0.341 e. The highest BCUT2D eigenvalue weighted by atomic mass is 32.2. The summed E-state index contributed by atoms with van der Waals surface area (Å²) < 4.78 is 31.7. The van der Waals surface area contributed by atoms with E-state index in [-0.39, 0.29) is 5.56 Å². The fourth-order valence-corrected chi connectivity index (χ4v) is 2.79. The number of carboxylic acids is 1. The highest BCUT2D eigenvalue weighted by Crippen LogP contribution is 2.39. The van der Waals surface area contributed by atoms with E-state index in [1.807, 2.05) is 0 Å². The molecule has 21 heavy (non-hydrogen) atoms. The molecule has 2 rings (SSSR count). The van der Waals surface area contributed by atoms with Gasteiger partial charge in [0.25, 0.3) is 10.1 Å². The normalized spacial score (nSPS) is 11.3. The van der Waals surface area contributed by atoms with Gasteiger partial charge in [0.05, 0.1) is 5.69 Å². The number of anilines is 1. The highest BCUT2D eigenvalue weighted by molar-refractivity contribution is 7.86. The average molecular weight is 309 g/mol. The first-order valence-corrected chi connectivity index (χ1v) is 7.09. The van der Waals surface area contributed by atoms with Crippen LogP contribution < -0.4 is 5.73 Å². The lowest BCUT2D eigenvalue weighted by molar-refractivity contribution is 0.0689. The summed E-state index contributed by atoms with van der Waals surface area (Å²) >= 11 is 0. The minimum atomic E-state index is -4.90. The summed E-state index contributed by atoms with van der Waals surface area (Å²) in [6.07, 6.45) is 0. The molecule has 0 unspecified atom stereocenters. The molecule has 0 aliphatic heterocycles. The van der Waals surface area contributed by atoms with Crippen molar-refractivity contribution in [3.63, 3.8) is 0 Å². The van der Waals surface area contributed by atoms with Gasteiger partial charge in [0.2, 0.25) is 0 Å². The Morgan fingerprint density at radius 1 is 1.14 bits per heavy atom. The molecule has 2 aromatic carbocycles. The van der Waals surface area contributed by atoms with E-state index in [1.54, 1.807) is 30.3 Å². The lowest BCUT2D eigenvalue weighted by Gasteiger charge is -2.13. The van der Waals surface area contributed by atoms with Crippen LogP contribution in [0.2, 0.25) is 0 Å². The Morgan fingerprint density at radius 2 is 1.71 bits per heavy atom. The van der Waals surface area contributed by atoms with Crippen molar-refractivity contribution in [2.24, 2.45) is 0 Å². The smallest absolute Gasteiger partial charge is 0.341 e. The molecule has 2 aromatic rings. The molecular weight excluding hydrogens is 298 g/mol. The van der Waals surface area contributed by atoms with Crippen molar-refractivity contribution in [1.29, 1.82) is 0 Å². The molecule has 0 aliphatic carbocycles. The van der Waals surface area contributed by atoms with Gasteiger partial charge in [-0.05, 0) is 11.6 Å². The molecule has 5 N–H and O–H groups in total. The molecule has 7 nitrogen and oxygen atoms in total. The minimum absolute atomic E-state index is 0.0536. The molecule has 0 spiro atoms. The van der Waals surface area contributed by atoms with Crippen LogP contribution in [0.15, 0.2) is 41.3 Å². The molecule has 0 heterocycles. The van der Waals surface area contributed by atoms with Gasteiger partial charge in [0.1, 0.15) is 16.2 Å². The van der Waals surface area contributed by atoms with Crippen molar-refractivity contribution in [2.75, 3.05) is 5.73 Å². The topological polar surface area (TPSA) is 138 Å². The fraction of sp³-hybridized carbons (Fsp3) is 0. The number of nitrogen functional groups attached to an aromatic ring is 1. The van der Waals surface area contributed by atoms with Crippen molar-refractivity contribution in [1.82, 2.24) is 0 Å². The van der Waals surface area contributed by atoms with Crippen LogP contribution in [0.3, 0.4) is 0 Å². The SMILES string of the molecule is Nc1cc(-c2ccccc2)c(O)c(C(=O)O)c1S(=O)(=O)O. The number of benzene rings is 2. The van der Waals surface area contributed by atoms with Crippen LogP contribution in [-0.4, -0.2) is 29.2 Å². The van der Waals surface area contributed by atoms with E-state index in [0.717, 1.165) is 6.07 Å². The minimum Gasteiger partial charge on any atom is -0.506 e. The number of hydrogen-bond donors (Lipinski definition) is 4. The zero-order valence-electron chi connectivity index (χ0n) is 10.5. The summed E-state index contributed by atoms with van der Waals surface area (Å²) in [5.74, 6) is -2.50. The van der Waals surface area contributed by atoms with Gasteiger partial charge in [0, 0.05) is 5.56 Å². The quantitative estimate of drug-likeness (QED) is 0.383. The summed E-state index contributed by atoms with van der Waals surface area (Å²) in [6, 6.07) is 9.31. The second kappa shape index (κ2) is 5.08. The van der Waals surface area contributed by atoms with Crippen LogP contribution in [0.4, 0.5) is 5.69 Å². The van der Waals surface area contributed by atoms with Crippen LogP contribution in [0, 0.1) is 0 Å². The van der Waals surface area contributed by atoms with Crippen molar-refractivity contribution in [2.45, 2.75) is 4.90 Å². The number of aromatic hydroxyl groups is 1. The predicted molar refractivity (Wildman–Crippen MR) is 74.7 cm³/mol. The van der Waals surface area contributed by atoms with E-state index in [4.69, 9.17) is 15.4 Å². The van der Waals surface area contributed by atoms with Crippen molar-refractivity contribution >= 4 is 21.8 Å². The third-order valence-corrected chi connectivity index (χ3v) is 3.79. The molecule has 0 radical (unpaired) electrons. The molecule has 0 aliphatic rings. The Hall–Kier alpha value is -2.58. The van der Waals surface area contributed by atoms with E-state index in [2.05, 4.69) is 0 Å². The van der Waals surface area contributed by atoms with Gasteiger partial charge >= 0.3 is 5.97 Å². The van der Waals surface area contributed by atoms with Gasteiger partial charge < -0.3 is 15.9 Å². The summed E-state index contributed by atoms with van der Waals surface area (Å²) in [4.78, 5) is 10.2. The molecule has 110 valence electrons. The Balaban J connectivity index is 2.89. The number of hydrogen-bond acceptors (Lipinski definition) is 5. The van der Waals surface area contributed by atoms with Crippen molar-refractivity contribution < 1.29 is 28.0 Å². The summed E-state index contributed by atoms with van der Waals surface area (Å²) in [6.45, 7) is 0. The van der Waals surface area contributed by atoms with Gasteiger partial charge in [0.15, 0.2) is 0 Å². The maximum absolute atomic E-state index is 11.3. The lowest BCUT2D eigenvalue weighted by atomic mass is 10.0. The first-order chi connectivity index (χ1) is 9.73. The number of rotatable bonds is 3. The Morgan fingerprint density at radius 3 is 2.19 bits per heavy atom. The largest absolute Gasteiger partial charge is 0.506 e. The highest BCUT2D eigenvalue weighted by Gasteiger charge is 2.29. The van der Waals surface area contributed by atoms with Gasteiger partial charge in [-0.3, -0.25) is 4.55 Å². The van der Waals surface area contributed by atoms with Crippen LogP contribution in [-0.2, 0) is 10.1 Å². The van der Waals surface area contributed by atoms with Gasteiger partial charge in [-0.15, -0.1) is 0 Å². The van der Waals surface area contributed by atoms with E-state index in [0.29, 0.717) is 5.56 Å². The third kappa shape index (κ3) is 2.67. The maximum atomic E-state index is 11.3. The number of phenols is 1. The number of carbonyl (C=O) groups is 1. The molecule has 0 saturated carbocycles. The molecule has 8 heteroatoms. The number of nitrogens with two attached hydrogens (primary N) is 1. The average Bonchev–Trinajstić information content (AvgIpc) is 2.39. The van der Waals surface area contributed by atoms with E-state index >= 15 is 0 Å².